The van der Waals surface area contributed by atoms with Crippen molar-refractivity contribution in [2.75, 3.05) is 4.90 Å². The van der Waals surface area contributed by atoms with Crippen molar-refractivity contribution in [3.05, 3.63) is 101 Å². The molecule has 26 heavy (non-hydrogen) atoms. The van der Waals surface area contributed by atoms with E-state index in [9.17, 15) is 0 Å². The number of nitrogens with zero attached hydrogens (tertiary/aromatic N) is 2. The maximum atomic E-state index is 9.05. The second-order valence-corrected chi connectivity index (χ2v) is 6.49. The molecule has 2 heterocycles. The predicted octanol–water partition coefficient (Wildman–Crippen LogP) is 5.17. The summed E-state index contributed by atoms with van der Waals surface area (Å²) in [6.45, 7) is 0. The van der Waals surface area contributed by atoms with E-state index in [1.165, 1.54) is 5.56 Å². The van der Waals surface area contributed by atoms with Crippen LogP contribution in [-0.4, -0.2) is 6.23 Å². The Hall–Kier alpha value is -3.35. The van der Waals surface area contributed by atoms with E-state index < -0.39 is 0 Å². The quantitative estimate of drug-likeness (QED) is 0.615. The molecule has 124 valence electrons. The van der Waals surface area contributed by atoms with E-state index in [4.69, 9.17) is 10.00 Å². The maximum Gasteiger partial charge on any atom is 0.155 e. The molecule has 2 aliphatic heterocycles. The Balaban J connectivity index is 1.65. The molecule has 0 N–H and O–H groups in total. The van der Waals surface area contributed by atoms with Crippen molar-refractivity contribution in [3.63, 3.8) is 0 Å². The minimum atomic E-state index is -0.157. The van der Waals surface area contributed by atoms with Crippen molar-refractivity contribution in [2.24, 2.45) is 0 Å². The van der Waals surface area contributed by atoms with Crippen molar-refractivity contribution < 1.29 is 4.74 Å². The number of hydrogen-bond acceptors (Lipinski definition) is 3. The van der Waals surface area contributed by atoms with E-state index in [2.05, 4.69) is 65.6 Å². The fourth-order valence-corrected chi connectivity index (χ4v) is 3.76. The summed E-state index contributed by atoms with van der Waals surface area (Å²) in [5.74, 6) is 0. The van der Waals surface area contributed by atoms with Gasteiger partial charge in [-0.05, 0) is 41.5 Å². The van der Waals surface area contributed by atoms with Gasteiger partial charge in [-0.15, -0.1) is 0 Å². The van der Waals surface area contributed by atoms with Gasteiger partial charge in [0.15, 0.2) is 6.23 Å². The van der Waals surface area contributed by atoms with Gasteiger partial charge < -0.3 is 9.64 Å². The first-order valence-electron chi connectivity index (χ1n) is 8.66. The highest BCUT2D eigenvalue weighted by molar-refractivity contribution is 5.80. The first-order valence-corrected chi connectivity index (χ1v) is 8.66. The Bertz CT molecular complexity index is 1050. The van der Waals surface area contributed by atoms with Crippen molar-refractivity contribution in [3.8, 4) is 6.07 Å². The van der Waals surface area contributed by atoms with Crippen molar-refractivity contribution in [1.82, 2.24) is 0 Å². The summed E-state index contributed by atoms with van der Waals surface area (Å²) in [6.07, 6.45) is 3.92. The Labute approximate surface area is 152 Å². The van der Waals surface area contributed by atoms with E-state index in [0.29, 0.717) is 5.56 Å². The van der Waals surface area contributed by atoms with Gasteiger partial charge in [0, 0.05) is 5.56 Å². The Morgan fingerprint density at radius 3 is 2.38 bits per heavy atom. The number of para-hydroxylation sites is 2. The molecule has 0 amide bonds. The summed E-state index contributed by atoms with van der Waals surface area (Å²) in [4.78, 5) is 2.25. The lowest BCUT2D eigenvalue weighted by molar-refractivity contribution is 0.0302. The van der Waals surface area contributed by atoms with Gasteiger partial charge in [0.1, 0.15) is 6.10 Å². The molecular formula is C23H16N2O. The summed E-state index contributed by atoms with van der Waals surface area (Å²) < 4.78 is 6.49. The van der Waals surface area contributed by atoms with Crippen LogP contribution in [0.5, 0.6) is 0 Å². The SMILES string of the molecule is N#Cc1ccc([C@H]2O[C@H]3C=Cc4ccccc4N3c3ccccc32)cc1. The predicted molar refractivity (Wildman–Crippen MR) is 102 cm³/mol. The van der Waals surface area contributed by atoms with E-state index in [1.54, 1.807) is 0 Å². The fraction of sp³-hybridized carbons (Fsp3) is 0.0870. The van der Waals surface area contributed by atoms with Crippen LogP contribution in [0.2, 0.25) is 0 Å². The molecule has 0 radical (unpaired) electrons. The van der Waals surface area contributed by atoms with Crippen molar-refractivity contribution in [2.45, 2.75) is 12.3 Å². The molecule has 3 heteroatoms. The van der Waals surface area contributed by atoms with Gasteiger partial charge in [-0.3, -0.25) is 0 Å². The number of hydrogen-bond donors (Lipinski definition) is 0. The molecule has 0 aromatic heterocycles. The van der Waals surface area contributed by atoms with Gasteiger partial charge in [-0.2, -0.15) is 5.26 Å². The number of benzene rings is 3. The summed E-state index contributed by atoms with van der Waals surface area (Å²) in [7, 11) is 0. The molecule has 5 rings (SSSR count). The zero-order valence-corrected chi connectivity index (χ0v) is 14.0. The van der Waals surface area contributed by atoms with Gasteiger partial charge in [0.05, 0.1) is 23.0 Å². The lowest BCUT2D eigenvalue weighted by atomic mass is 9.94. The number of fused-ring (bicyclic) bond motifs is 5. The second kappa shape index (κ2) is 5.87. The highest BCUT2D eigenvalue weighted by Gasteiger charge is 2.35. The van der Waals surface area contributed by atoms with Crippen LogP contribution in [0.4, 0.5) is 11.4 Å². The average Bonchev–Trinajstić information content (AvgIpc) is 2.73. The smallest absolute Gasteiger partial charge is 0.155 e. The molecule has 0 aliphatic carbocycles. The van der Waals surface area contributed by atoms with Crippen LogP contribution in [0.15, 0.2) is 78.9 Å². The van der Waals surface area contributed by atoms with E-state index in [1.807, 2.05) is 30.3 Å². The molecule has 2 atom stereocenters. The van der Waals surface area contributed by atoms with Gasteiger partial charge in [-0.25, -0.2) is 0 Å². The van der Waals surface area contributed by atoms with Crippen molar-refractivity contribution >= 4 is 17.5 Å². The molecule has 0 saturated heterocycles. The number of nitriles is 1. The van der Waals surface area contributed by atoms with Crippen LogP contribution in [-0.2, 0) is 4.74 Å². The molecular weight excluding hydrogens is 320 g/mol. The van der Waals surface area contributed by atoms with Crippen LogP contribution in [0.3, 0.4) is 0 Å². The average molecular weight is 336 g/mol. The minimum absolute atomic E-state index is 0.152. The Morgan fingerprint density at radius 2 is 1.58 bits per heavy atom. The Kier molecular flexibility index (Phi) is 3.38. The first-order chi connectivity index (χ1) is 12.8. The third-order valence-electron chi connectivity index (χ3n) is 4.99. The lowest BCUT2D eigenvalue weighted by Gasteiger charge is -2.43. The monoisotopic (exact) mass is 336 g/mol. The molecule has 2 aliphatic rings. The molecule has 0 unspecified atom stereocenters. The summed E-state index contributed by atoms with van der Waals surface area (Å²) in [5, 5.41) is 9.05. The summed E-state index contributed by atoms with van der Waals surface area (Å²) in [6, 6.07) is 26.6. The van der Waals surface area contributed by atoms with Crippen LogP contribution in [0.25, 0.3) is 6.08 Å². The lowest BCUT2D eigenvalue weighted by Crippen LogP contribution is -2.40. The molecule has 0 fully saturated rings. The third-order valence-corrected chi connectivity index (χ3v) is 4.99. The zero-order valence-electron chi connectivity index (χ0n) is 14.0. The van der Waals surface area contributed by atoms with Gasteiger partial charge in [0.25, 0.3) is 0 Å². The van der Waals surface area contributed by atoms with E-state index >= 15 is 0 Å². The molecule has 3 aromatic carbocycles. The third kappa shape index (κ3) is 2.24. The highest BCUT2D eigenvalue weighted by atomic mass is 16.5. The van der Waals surface area contributed by atoms with Gasteiger partial charge in [0.2, 0.25) is 0 Å². The highest BCUT2D eigenvalue weighted by Crippen LogP contribution is 2.46. The normalized spacial score (nSPS) is 19.9. The van der Waals surface area contributed by atoms with Gasteiger partial charge >= 0.3 is 0 Å². The molecule has 0 saturated carbocycles. The van der Waals surface area contributed by atoms with E-state index in [-0.39, 0.29) is 12.3 Å². The van der Waals surface area contributed by atoms with Crippen LogP contribution >= 0.6 is 0 Å². The topological polar surface area (TPSA) is 36.3 Å². The fourth-order valence-electron chi connectivity index (χ4n) is 3.76. The largest absolute Gasteiger partial charge is 0.342 e. The second-order valence-electron chi connectivity index (χ2n) is 6.49. The Morgan fingerprint density at radius 1 is 0.846 bits per heavy atom. The number of rotatable bonds is 1. The summed E-state index contributed by atoms with van der Waals surface area (Å²) in [5.41, 5.74) is 6.37. The van der Waals surface area contributed by atoms with Crippen LogP contribution < -0.4 is 4.90 Å². The first kappa shape index (κ1) is 14.9. The van der Waals surface area contributed by atoms with Crippen LogP contribution in [0.1, 0.15) is 28.4 Å². The zero-order chi connectivity index (χ0) is 17.5. The molecule has 0 bridgehead atoms. The van der Waals surface area contributed by atoms with E-state index in [0.717, 1.165) is 22.5 Å². The minimum Gasteiger partial charge on any atom is -0.342 e. The number of ether oxygens (including phenoxy) is 1. The molecule has 3 aromatic rings. The molecule has 0 spiro atoms. The van der Waals surface area contributed by atoms with Crippen molar-refractivity contribution in [1.29, 1.82) is 5.26 Å². The summed E-state index contributed by atoms with van der Waals surface area (Å²) >= 11 is 0. The maximum absolute atomic E-state index is 9.05. The van der Waals surface area contributed by atoms with Crippen LogP contribution in [0, 0.1) is 11.3 Å². The molecule has 3 nitrogen and oxygen atoms in total. The standard InChI is InChI=1S/C23H16N2O/c24-15-16-9-11-18(12-10-16)23-19-6-2-4-8-21(19)25-20-7-3-1-5-17(20)13-14-22(25)26-23/h1-14,22-23H/t22-,23+/m0/s1. The van der Waals surface area contributed by atoms with Gasteiger partial charge in [-0.1, -0.05) is 54.6 Å². The number of anilines is 2.